The van der Waals surface area contributed by atoms with Crippen LogP contribution in [0, 0.1) is 0 Å². The van der Waals surface area contributed by atoms with Gasteiger partial charge in [-0.25, -0.2) is 0 Å². The maximum Gasteiger partial charge on any atom is 0.207 e. The third-order valence-electron chi connectivity index (χ3n) is 4.13. The molecule has 0 radical (unpaired) electrons. The summed E-state index contributed by atoms with van der Waals surface area (Å²) in [4.78, 5) is 0. The number of benzene rings is 2. The van der Waals surface area contributed by atoms with E-state index >= 15 is 0 Å². The lowest BCUT2D eigenvalue weighted by Gasteiger charge is -2.12. The van der Waals surface area contributed by atoms with Crippen LogP contribution in [0.5, 0.6) is 34.5 Å². The lowest BCUT2D eigenvalue weighted by molar-refractivity contribution is 0.324. The summed E-state index contributed by atoms with van der Waals surface area (Å²) in [7, 11) is 9.25. The van der Waals surface area contributed by atoms with Crippen LogP contribution < -0.4 is 39.3 Å². The minimum Gasteiger partial charge on any atom is -0.493 e. The Bertz CT molecular complexity index is 869. The van der Waals surface area contributed by atoms with E-state index in [2.05, 4.69) is 21.1 Å². The first kappa shape index (κ1) is 24.5. The van der Waals surface area contributed by atoms with Gasteiger partial charge in [-0.15, -0.1) is 0 Å². The van der Waals surface area contributed by atoms with Crippen LogP contribution in [0.15, 0.2) is 34.5 Å². The molecule has 0 unspecified atom stereocenters. The van der Waals surface area contributed by atoms with Gasteiger partial charge in [0.05, 0.1) is 55.1 Å². The van der Waals surface area contributed by atoms with Gasteiger partial charge in [-0.1, -0.05) is 0 Å². The van der Waals surface area contributed by atoms with Crippen LogP contribution in [0.2, 0.25) is 0 Å². The van der Waals surface area contributed by atoms with Gasteiger partial charge in [0, 0.05) is 11.1 Å². The van der Waals surface area contributed by atoms with Gasteiger partial charge in [0.2, 0.25) is 16.6 Å². The highest BCUT2D eigenvalue weighted by atomic mass is 32.1. The van der Waals surface area contributed by atoms with Crippen molar-refractivity contribution in [2.24, 2.45) is 10.2 Å². The zero-order valence-electron chi connectivity index (χ0n) is 18.7. The van der Waals surface area contributed by atoms with Crippen molar-refractivity contribution in [3.05, 3.63) is 35.4 Å². The summed E-state index contributed by atoms with van der Waals surface area (Å²) in [5.41, 5.74) is 6.79. The smallest absolute Gasteiger partial charge is 0.207 e. The summed E-state index contributed by atoms with van der Waals surface area (Å²) in [5.74, 6) is 3.07. The van der Waals surface area contributed by atoms with Crippen LogP contribution in [0.1, 0.15) is 11.1 Å². The SMILES string of the molecule is COc1cc(/C=N\NC(=S)N/N=C\c2cc(OC)c(OC)c(OC)c2)cc(OC)c1OC. The van der Waals surface area contributed by atoms with E-state index in [-0.39, 0.29) is 5.11 Å². The molecule has 11 heteroatoms. The summed E-state index contributed by atoms with van der Waals surface area (Å²) in [6.45, 7) is 0. The topological polar surface area (TPSA) is 104 Å². The standard InChI is InChI=1S/C21H26N4O6S/c1-26-15-7-13(8-16(27-2)19(15)30-5)11-22-24-21(32)25-23-12-14-9-17(28-3)20(31-6)18(10-14)29-4/h7-12H,1-6H3,(H2,24,25,32)/b22-11-,23-12-. The molecule has 2 N–H and O–H groups in total. The summed E-state index contributed by atoms with van der Waals surface area (Å²) in [6.07, 6.45) is 3.11. The Hall–Kier alpha value is -3.73. The predicted octanol–water partition coefficient (Wildman–Crippen LogP) is 2.57. The number of hydrogen-bond acceptors (Lipinski definition) is 9. The predicted molar refractivity (Wildman–Crippen MR) is 126 cm³/mol. The third kappa shape index (κ3) is 6.14. The van der Waals surface area contributed by atoms with Gasteiger partial charge in [0.25, 0.3) is 0 Å². The number of ether oxygens (including phenoxy) is 6. The molecule has 0 aromatic heterocycles. The van der Waals surface area contributed by atoms with Gasteiger partial charge < -0.3 is 28.4 Å². The van der Waals surface area contributed by atoms with E-state index in [1.807, 2.05) is 0 Å². The van der Waals surface area contributed by atoms with E-state index in [0.29, 0.717) is 34.5 Å². The van der Waals surface area contributed by atoms with E-state index in [1.165, 1.54) is 0 Å². The van der Waals surface area contributed by atoms with Crippen molar-refractivity contribution in [1.82, 2.24) is 10.9 Å². The Balaban J connectivity index is 2.02. The highest BCUT2D eigenvalue weighted by Gasteiger charge is 2.13. The molecule has 0 bridgehead atoms. The van der Waals surface area contributed by atoms with Gasteiger partial charge in [0.15, 0.2) is 23.0 Å². The van der Waals surface area contributed by atoms with E-state index in [4.69, 9.17) is 40.6 Å². The van der Waals surface area contributed by atoms with Crippen molar-refractivity contribution >= 4 is 29.8 Å². The Labute approximate surface area is 192 Å². The van der Waals surface area contributed by atoms with Crippen LogP contribution in [0.25, 0.3) is 0 Å². The molecule has 2 aromatic carbocycles. The second-order valence-electron chi connectivity index (χ2n) is 5.99. The van der Waals surface area contributed by atoms with E-state index in [0.717, 1.165) is 11.1 Å². The molecule has 0 saturated carbocycles. The molecule has 0 spiro atoms. The largest absolute Gasteiger partial charge is 0.493 e. The molecule has 0 amide bonds. The molecule has 32 heavy (non-hydrogen) atoms. The normalized spacial score (nSPS) is 10.7. The van der Waals surface area contributed by atoms with Crippen LogP contribution in [-0.4, -0.2) is 60.2 Å². The van der Waals surface area contributed by atoms with Gasteiger partial charge in [-0.2, -0.15) is 10.2 Å². The molecule has 0 aliphatic carbocycles. The number of nitrogens with one attached hydrogen (secondary N) is 2. The van der Waals surface area contributed by atoms with Crippen LogP contribution in [0.3, 0.4) is 0 Å². The Kier molecular flexibility index (Phi) is 9.36. The van der Waals surface area contributed by atoms with Crippen molar-refractivity contribution in [3.63, 3.8) is 0 Å². The highest BCUT2D eigenvalue weighted by molar-refractivity contribution is 7.80. The van der Waals surface area contributed by atoms with Gasteiger partial charge in [0.1, 0.15) is 0 Å². The number of thiocarbonyl (C=S) groups is 1. The van der Waals surface area contributed by atoms with Crippen molar-refractivity contribution in [3.8, 4) is 34.5 Å². The molecule has 2 aromatic rings. The van der Waals surface area contributed by atoms with Crippen LogP contribution in [-0.2, 0) is 0 Å². The molecule has 2 rings (SSSR count). The average molecular weight is 463 g/mol. The number of hydrogen-bond donors (Lipinski definition) is 2. The minimum atomic E-state index is 0.192. The van der Waals surface area contributed by atoms with Crippen LogP contribution in [0.4, 0.5) is 0 Å². The highest BCUT2D eigenvalue weighted by Crippen LogP contribution is 2.38. The summed E-state index contributed by atoms with van der Waals surface area (Å²) >= 11 is 5.17. The molecular weight excluding hydrogens is 436 g/mol. The molecule has 0 fully saturated rings. The zero-order chi connectivity index (χ0) is 23.5. The average Bonchev–Trinajstić information content (AvgIpc) is 2.82. The van der Waals surface area contributed by atoms with E-state index < -0.39 is 0 Å². The fraction of sp³-hybridized carbons (Fsp3) is 0.286. The Morgan fingerprint density at radius 2 is 0.938 bits per heavy atom. The fourth-order valence-corrected chi connectivity index (χ4v) is 2.81. The first-order valence-corrected chi connectivity index (χ1v) is 9.64. The summed E-state index contributed by atoms with van der Waals surface area (Å²) < 4.78 is 31.9. The minimum absolute atomic E-state index is 0.192. The van der Waals surface area contributed by atoms with Crippen molar-refractivity contribution in [2.45, 2.75) is 0 Å². The summed E-state index contributed by atoms with van der Waals surface area (Å²) in [6, 6.07) is 7.02. The first-order chi connectivity index (χ1) is 15.5. The second kappa shape index (κ2) is 12.2. The van der Waals surface area contributed by atoms with Crippen molar-refractivity contribution in [2.75, 3.05) is 42.7 Å². The summed E-state index contributed by atoms with van der Waals surface area (Å²) in [5, 5.41) is 8.37. The lowest BCUT2D eigenvalue weighted by Crippen LogP contribution is -2.28. The number of rotatable bonds is 10. The molecule has 0 atom stereocenters. The van der Waals surface area contributed by atoms with Gasteiger partial charge in [-0.3, -0.25) is 10.9 Å². The monoisotopic (exact) mass is 462 g/mol. The van der Waals surface area contributed by atoms with Crippen LogP contribution >= 0.6 is 12.2 Å². The van der Waals surface area contributed by atoms with Gasteiger partial charge in [-0.05, 0) is 36.5 Å². The quantitative estimate of drug-likeness (QED) is 0.313. The molecular formula is C21H26N4O6S. The Morgan fingerprint density at radius 3 is 1.19 bits per heavy atom. The molecule has 0 aliphatic heterocycles. The van der Waals surface area contributed by atoms with E-state index in [1.54, 1.807) is 79.4 Å². The second-order valence-corrected chi connectivity index (χ2v) is 6.39. The molecule has 0 saturated heterocycles. The fourth-order valence-electron chi connectivity index (χ4n) is 2.71. The molecule has 172 valence electrons. The zero-order valence-corrected chi connectivity index (χ0v) is 19.5. The maximum atomic E-state index is 5.32. The van der Waals surface area contributed by atoms with E-state index in [9.17, 15) is 0 Å². The molecule has 0 heterocycles. The number of nitrogens with zero attached hydrogens (tertiary/aromatic N) is 2. The maximum absolute atomic E-state index is 5.32. The third-order valence-corrected chi connectivity index (χ3v) is 4.32. The molecule has 10 nitrogen and oxygen atoms in total. The Morgan fingerprint density at radius 1 is 0.625 bits per heavy atom. The first-order valence-electron chi connectivity index (χ1n) is 9.23. The van der Waals surface area contributed by atoms with Gasteiger partial charge >= 0.3 is 0 Å². The number of methoxy groups -OCH3 is 6. The number of hydrazone groups is 2. The molecule has 0 aliphatic rings. The van der Waals surface area contributed by atoms with Crippen molar-refractivity contribution < 1.29 is 28.4 Å². The lowest BCUT2D eigenvalue weighted by atomic mass is 10.2. The van der Waals surface area contributed by atoms with Crippen molar-refractivity contribution in [1.29, 1.82) is 0 Å².